The average Bonchev–Trinajstić information content (AvgIpc) is 3.84. The van der Waals surface area contributed by atoms with E-state index in [9.17, 15) is 13.6 Å². The minimum atomic E-state index is -2.97. The van der Waals surface area contributed by atoms with Gasteiger partial charge in [-0.3, -0.25) is 4.79 Å². The zero-order valence-electron chi connectivity index (χ0n) is 21.7. The Hall–Kier alpha value is -4.15. The number of carbonyl (C=O) groups is 1. The summed E-state index contributed by atoms with van der Waals surface area (Å²) in [4.78, 5) is 27.5. The maximum absolute atomic E-state index is 14.0. The average molecular weight is 533 g/mol. The van der Waals surface area contributed by atoms with E-state index in [1.807, 2.05) is 18.2 Å². The number of anilines is 1. The molecule has 4 aromatic rings. The molecule has 2 atom stereocenters. The maximum Gasteiger partial charge on any atom is 0.319 e. The summed E-state index contributed by atoms with van der Waals surface area (Å²) in [6, 6.07) is 8.15. The number of hydrogen-bond acceptors (Lipinski definition) is 7. The van der Waals surface area contributed by atoms with E-state index < -0.39 is 17.9 Å². The number of fused-ring (bicyclic) bond motifs is 3. The minimum absolute atomic E-state index is 0.146. The third kappa shape index (κ3) is 3.74. The second kappa shape index (κ2) is 8.17. The van der Waals surface area contributed by atoms with E-state index in [2.05, 4.69) is 21.0 Å². The van der Waals surface area contributed by atoms with Crippen LogP contribution in [-0.2, 0) is 10.2 Å². The molecule has 0 N–H and O–H groups in total. The molecule has 0 radical (unpaired) electrons. The molecule has 1 aliphatic heterocycles. The van der Waals surface area contributed by atoms with Crippen molar-refractivity contribution in [2.75, 3.05) is 25.7 Å². The Bertz CT molecular complexity index is 1640. The number of alkyl halides is 2. The van der Waals surface area contributed by atoms with Gasteiger partial charge < -0.3 is 14.4 Å². The van der Waals surface area contributed by atoms with Gasteiger partial charge in [-0.1, -0.05) is 12.1 Å². The van der Waals surface area contributed by atoms with Crippen molar-refractivity contribution in [3.05, 3.63) is 59.5 Å². The molecule has 1 aromatic carbocycles. The summed E-state index contributed by atoms with van der Waals surface area (Å²) < 4.78 is 40.4. The van der Waals surface area contributed by atoms with E-state index in [4.69, 9.17) is 14.6 Å². The highest BCUT2D eigenvalue weighted by Gasteiger charge is 2.60. The van der Waals surface area contributed by atoms with Gasteiger partial charge in [0.05, 0.1) is 37.4 Å². The number of methoxy groups -OCH3 is 2. The first-order valence-electron chi connectivity index (χ1n) is 12.9. The maximum atomic E-state index is 14.0. The fourth-order valence-electron chi connectivity index (χ4n) is 5.97. The molecule has 0 saturated heterocycles. The second-order valence-corrected chi connectivity index (χ2v) is 10.7. The first-order chi connectivity index (χ1) is 18.7. The van der Waals surface area contributed by atoms with Crippen LogP contribution in [0.2, 0.25) is 0 Å². The van der Waals surface area contributed by atoms with Crippen molar-refractivity contribution in [3.63, 3.8) is 0 Å². The highest BCUT2D eigenvalue weighted by molar-refractivity contribution is 6.10. The lowest BCUT2D eigenvalue weighted by molar-refractivity contribution is -0.121. The van der Waals surface area contributed by atoms with E-state index in [-0.39, 0.29) is 23.8 Å². The highest BCUT2D eigenvalue weighted by atomic mass is 19.3. The van der Waals surface area contributed by atoms with Crippen LogP contribution in [0.15, 0.2) is 42.9 Å². The molecule has 7 rings (SSSR count). The molecular weight excluding hydrogens is 506 g/mol. The normalized spacial score (nSPS) is 20.9. The number of halogens is 2. The first kappa shape index (κ1) is 23.9. The van der Waals surface area contributed by atoms with Gasteiger partial charge in [-0.05, 0) is 54.4 Å². The Balaban J connectivity index is 1.25. The van der Waals surface area contributed by atoms with E-state index >= 15 is 0 Å². The van der Waals surface area contributed by atoms with Gasteiger partial charge in [0.15, 0.2) is 5.65 Å². The van der Waals surface area contributed by atoms with Crippen molar-refractivity contribution in [1.29, 1.82) is 0 Å². The van der Waals surface area contributed by atoms with Gasteiger partial charge in [-0.15, -0.1) is 0 Å². The summed E-state index contributed by atoms with van der Waals surface area (Å²) in [5.74, 6) is -2.52. The van der Waals surface area contributed by atoms with Crippen LogP contribution in [0.5, 0.6) is 11.9 Å². The van der Waals surface area contributed by atoms with Gasteiger partial charge >= 0.3 is 6.01 Å². The number of rotatable bonds is 7. The molecule has 1 spiro atoms. The molecule has 2 saturated carbocycles. The number of hydrogen-bond donors (Lipinski definition) is 0. The van der Waals surface area contributed by atoms with Gasteiger partial charge in [0.1, 0.15) is 0 Å². The van der Waals surface area contributed by atoms with Crippen LogP contribution in [-0.4, -0.2) is 57.2 Å². The number of aromatic nitrogens is 5. The number of amides is 1. The van der Waals surface area contributed by atoms with Crippen LogP contribution in [0.3, 0.4) is 0 Å². The molecule has 9 nitrogen and oxygen atoms in total. The van der Waals surface area contributed by atoms with Gasteiger partial charge in [-0.2, -0.15) is 10.1 Å². The summed E-state index contributed by atoms with van der Waals surface area (Å²) in [6.45, 7) is 0.255. The lowest BCUT2D eigenvalue weighted by Gasteiger charge is -2.22. The van der Waals surface area contributed by atoms with Crippen molar-refractivity contribution in [2.24, 2.45) is 0 Å². The third-order valence-electron chi connectivity index (χ3n) is 8.06. The summed E-state index contributed by atoms with van der Waals surface area (Å²) in [5.41, 5.74) is 4.95. The molecule has 2 aliphatic carbocycles. The Labute approximate surface area is 222 Å². The van der Waals surface area contributed by atoms with Gasteiger partial charge in [0, 0.05) is 36.8 Å². The van der Waals surface area contributed by atoms with Gasteiger partial charge in [0.2, 0.25) is 11.8 Å². The first-order valence-corrected chi connectivity index (χ1v) is 12.9. The van der Waals surface area contributed by atoms with Gasteiger partial charge in [-0.25, -0.2) is 23.3 Å². The van der Waals surface area contributed by atoms with Crippen molar-refractivity contribution >= 4 is 17.2 Å². The number of benzene rings is 1. The molecule has 39 heavy (non-hydrogen) atoms. The van der Waals surface area contributed by atoms with Crippen LogP contribution in [0.1, 0.15) is 54.7 Å². The molecule has 1 unspecified atom stereocenters. The molecular formula is C28H26F2N6O3. The second-order valence-electron chi connectivity index (χ2n) is 10.7. The summed E-state index contributed by atoms with van der Waals surface area (Å²) in [6.07, 6.45) is 7.40. The topological polar surface area (TPSA) is 94.7 Å². The molecule has 11 heteroatoms. The zero-order valence-corrected chi connectivity index (χ0v) is 21.7. The largest absolute Gasteiger partial charge is 0.480 e. The van der Waals surface area contributed by atoms with Crippen LogP contribution in [0.25, 0.3) is 16.9 Å². The number of ether oxygens (including phenoxy) is 2. The van der Waals surface area contributed by atoms with Crippen LogP contribution < -0.4 is 14.4 Å². The molecule has 2 fully saturated rings. The Morgan fingerprint density at radius 1 is 1.13 bits per heavy atom. The third-order valence-corrected chi connectivity index (χ3v) is 8.06. The standard InChI is InChI=1S/C28H26F2N6O3/c1-27(29,30)14-35-22-10-15(4-5-20(22)28(6-7-28)25(35)37)16-11-17(16)18-12-21(34-36-9-8-31-23(18)36)19-13-32-26(39-3)33-24(19)38-2/h4-5,8-10,12-13,16-17H,6-7,11,14H2,1-3H3/t16?,17-/m0/s1. The fourth-order valence-corrected chi connectivity index (χ4v) is 5.97. The Morgan fingerprint density at radius 3 is 2.67 bits per heavy atom. The van der Waals surface area contributed by atoms with Crippen molar-refractivity contribution in [3.8, 4) is 23.1 Å². The quantitative estimate of drug-likeness (QED) is 0.346. The van der Waals surface area contributed by atoms with Crippen LogP contribution in [0, 0.1) is 0 Å². The number of nitrogens with zero attached hydrogens (tertiary/aromatic N) is 6. The van der Waals surface area contributed by atoms with Gasteiger partial charge in [0.25, 0.3) is 5.92 Å². The van der Waals surface area contributed by atoms with Crippen molar-refractivity contribution in [2.45, 2.75) is 49.4 Å². The molecule has 3 aliphatic rings. The predicted octanol–water partition coefficient (Wildman–Crippen LogP) is 4.51. The summed E-state index contributed by atoms with van der Waals surface area (Å²) in [5, 5.41) is 4.70. The highest BCUT2D eigenvalue weighted by Crippen LogP contribution is 2.60. The van der Waals surface area contributed by atoms with Crippen molar-refractivity contribution in [1.82, 2.24) is 24.6 Å². The molecule has 4 heterocycles. The van der Waals surface area contributed by atoms with E-state index in [1.165, 1.54) is 19.1 Å². The summed E-state index contributed by atoms with van der Waals surface area (Å²) >= 11 is 0. The minimum Gasteiger partial charge on any atom is -0.480 e. The van der Waals surface area contributed by atoms with Crippen molar-refractivity contribution < 1.29 is 23.0 Å². The van der Waals surface area contributed by atoms with Crippen LogP contribution in [0.4, 0.5) is 14.5 Å². The Kier molecular flexibility index (Phi) is 5.02. The molecule has 0 bridgehead atoms. The molecule has 3 aromatic heterocycles. The molecule has 1 amide bonds. The van der Waals surface area contributed by atoms with E-state index in [0.29, 0.717) is 35.7 Å². The molecule has 200 valence electrons. The van der Waals surface area contributed by atoms with E-state index in [0.717, 1.165) is 35.7 Å². The number of imidazole rings is 1. The predicted molar refractivity (Wildman–Crippen MR) is 138 cm³/mol. The lowest BCUT2D eigenvalue weighted by atomic mass is 9.95. The monoisotopic (exact) mass is 532 g/mol. The Morgan fingerprint density at radius 2 is 1.95 bits per heavy atom. The summed E-state index contributed by atoms with van der Waals surface area (Å²) in [7, 11) is 3.02. The smallest absolute Gasteiger partial charge is 0.319 e. The SMILES string of the molecule is COc1ncc(-c2cc([C@H]3CC3c3ccc4c(c3)N(CC(C)(F)F)C(=O)C43CC3)c3nccn3n2)c(OC)n1. The fraction of sp³-hybridized carbons (Fsp3) is 0.393. The van der Waals surface area contributed by atoms with E-state index in [1.54, 1.807) is 23.1 Å². The van der Waals surface area contributed by atoms with Crippen LogP contribution >= 0.6 is 0 Å². The lowest BCUT2D eigenvalue weighted by Crippen LogP contribution is -2.39. The zero-order chi connectivity index (χ0) is 27.1. The number of carbonyl (C=O) groups excluding carboxylic acids is 1.